The molecule has 1 N–H and O–H groups in total. The Labute approximate surface area is 120 Å². The van der Waals surface area contributed by atoms with Gasteiger partial charge in [-0.25, -0.2) is 0 Å². The Morgan fingerprint density at radius 2 is 1.85 bits per heavy atom. The van der Waals surface area contributed by atoms with Gasteiger partial charge in [0.1, 0.15) is 0 Å². The minimum atomic E-state index is -4.08. The quantitative estimate of drug-likeness (QED) is 0.835. The number of nitrogens with one attached hydrogen (secondary N) is 1. The van der Waals surface area contributed by atoms with Gasteiger partial charge in [0, 0.05) is 18.6 Å². The van der Waals surface area contributed by atoms with Crippen LogP contribution in [0.2, 0.25) is 0 Å². The van der Waals surface area contributed by atoms with Crippen LogP contribution in [0.1, 0.15) is 46.0 Å². The highest BCUT2D eigenvalue weighted by Crippen LogP contribution is 2.40. The fourth-order valence-corrected chi connectivity index (χ4v) is 3.62. The Morgan fingerprint density at radius 1 is 1.20 bits per heavy atom. The van der Waals surface area contributed by atoms with Crippen LogP contribution in [-0.4, -0.2) is 43.3 Å². The molecule has 20 heavy (non-hydrogen) atoms. The molecule has 2 nitrogen and oxygen atoms in total. The maximum Gasteiger partial charge on any atom is 0.401 e. The highest BCUT2D eigenvalue weighted by atomic mass is 19.4. The SMILES string of the molecule is CNC1CCC(C)(C)CC1CN(CC(F)(F)F)C1CC1. The van der Waals surface area contributed by atoms with E-state index < -0.39 is 12.7 Å². The highest BCUT2D eigenvalue weighted by molar-refractivity contribution is 4.93. The maximum atomic E-state index is 12.7. The lowest BCUT2D eigenvalue weighted by atomic mass is 9.69. The predicted octanol–water partition coefficient (Wildman–Crippen LogP) is 3.43. The Bertz CT molecular complexity index is 324. The zero-order chi connectivity index (χ0) is 15.0. The molecule has 2 saturated carbocycles. The van der Waals surface area contributed by atoms with E-state index in [2.05, 4.69) is 19.2 Å². The van der Waals surface area contributed by atoms with Crippen molar-refractivity contribution in [3.8, 4) is 0 Å². The molecule has 2 fully saturated rings. The van der Waals surface area contributed by atoms with E-state index in [-0.39, 0.29) is 11.5 Å². The van der Waals surface area contributed by atoms with Crippen molar-refractivity contribution in [1.82, 2.24) is 10.2 Å². The Balaban J connectivity index is 1.99. The number of hydrogen-bond acceptors (Lipinski definition) is 2. The van der Waals surface area contributed by atoms with Gasteiger partial charge in [0.25, 0.3) is 0 Å². The predicted molar refractivity (Wildman–Crippen MR) is 74.6 cm³/mol. The largest absolute Gasteiger partial charge is 0.401 e. The normalized spacial score (nSPS) is 30.8. The number of hydrogen-bond donors (Lipinski definition) is 1. The zero-order valence-corrected chi connectivity index (χ0v) is 12.8. The van der Waals surface area contributed by atoms with Crippen LogP contribution >= 0.6 is 0 Å². The van der Waals surface area contributed by atoms with Crippen LogP contribution in [0.3, 0.4) is 0 Å². The molecule has 5 heteroatoms. The van der Waals surface area contributed by atoms with Crippen molar-refractivity contribution in [2.45, 2.75) is 64.2 Å². The Hall–Kier alpha value is -0.290. The molecule has 0 radical (unpaired) electrons. The summed E-state index contributed by atoms with van der Waals surface area (Å²) in [5, 5.41) is 3.31. The van der Waals surface area contributed by atoms with Gasteiger partial charge >= 0.3 is 6.18 Å². The van der Waals surface area contributed by atoms with Crippen molar-refractivity contribution in [3.05, 3.63) is 0 Å². The third-order valence-electron chi connectivity index (χ3n) is 4.80. The zero-order valence-electron chi connectivity index (χ0n) is 12.8. The van der Waals surface area contributed by atoms with Crippen molar-refractivity contribution in [1.29, 1.82) is 0 Å². The van der Waals surface area contributed by atoms with Gasteiger partial charge in [0.15, 0.2) is 0 Å². The van der Waals surface area contributed by atoms with E-state index in [9.17, 15) is 13.2 Å². The van der Waals surface area contributed by atoms with Crippen molar-refractivity contribution < 1.29 is 13.2 Å². The van der Waals surface area contributed by atoms with E-state index in [1.54, 1.807) is 4.90 Å². The van der Waals surface area contributed by atoms with E-state index in [1.165, 1.54) is 0 Å². The van der Waals surface area contributed by atoms with E-state index in [0.29, 0.717) is 18.5 Å². The Kier molecular flexibility index (Phi) is 4.69. The van der Waals surface area contributed by atoms with Gasteiger partial charge in [-0.15, -0.1) is 0 Å². The minimum Gasteiger partial charge on any atom is -0.317 e. The number of rotatable bonds is 5. The summed E-state index contributed by atoms with van der Waals surface area (Å²) in [5.74, 6) is 0.326. The summed E-state index contributed by atoms with van der Waals surface area (Å²) in [5.41, 5.74) is 0.255. The van der Waals surface area contributed by atoms with Gasteiger partial charge in [-0.1, -0.05) is 13.8 Å². The molecule has 0 aromatic carbocycles. The van der Waals surface area contributed by atoms with Crippen molar-refractivity contribution >= 4 is 0 Å². The van der Waals surface area contributed by atoms with Crippen molar-refractivity contribution in [2.24, 2.45) is 11.3 Å². The van der Waals surface area contributed by atoms with Crippen LogP contribution in [-0.2, 0) is 0 Å². The van der Waals surface area contributed by atoms with Crippen LogP contribution in [0.25, 0.3) is 0 Å². The van der Waals surface area contributed by atoms with Crippen molar-refractivity contribution in [2.75, 3.05) is 20.1 Å². The molecule has 2 atom stereocenters. The lowest BCUT2D eigenvalue weighted by Crippen LogP contribution is -2.48. The molecule has 0 heterocycles. The molecule has 0 spiro atoms. The van der Waals surface area contributed by atoms with E-state index in [4.69, 9.17) is 0 Å². The summed E-state index contributed by atoms with van der Waals surface area (Å²) in [7, 11) is 1.93. The molecule has 0 amide bonds. The average molecular weight is 292 g/mol. The summed E-state index contributed by atoms with van der Waals surface area (Å²) in [6.45, 7) is 4.30. The fourth-order valence-electron chi connectivity index (χ4n) is 3.62. The lowest BCUT2D eigenvalue weighted by Gasteiger charge is -2.43. The summed E-state index contributed by atoms with van der Waals surface area (Å²) in [4.78, 5) is 1.68. The third kappa shape index (κ3) is 4.62. The second-order valence-corrected chi connectivity index (χ2v) is 7.34. The minimum absolute atomic E-state index is 0.166. The molecule has 0 aromatic heterocycles. The molecule has 0 bridgehead atoms. The van der Waals surface area contributed by atoms with Gasteiger partial charge < -0.3 is 5.32 Å². The number of alkyl halides is 3. The smallest absolute Gasteiger partial charge is 0.317 e. The topological polar surface area (TPSA) is 15.3 Å². The van der Waals surface area contributed by atoms with Gasteiger partial charge in [-0.3, -0.25) is 4.90 Å². The summed E-state index contributed by atoms with van der Waals surface area (Å²) < 4.78 is 38.2. The highest BCUT2D eigenvalue weighted by Gasteiger charge is 2.41. The fraction of sp³-hybridized carbons (Fsp3) is 1.00. The molecule has 2 unspecified atom stereocenters. The monoisotopic (exact) mass is 292 g/mol. The molecular formula is C15H27F3N2. The van der Waals surface area contributed by atoms with Gasteiger partial charge in [-0.05, 0) is 50.5 Å². The molecular weight excluding hydrogens is 265 g/mol. The Morgan fingerprint density at radius 3 is 2.35 bits per heavy atom. The molecule has 0 aromatic rings. The van der Waals surface area contributed by atoms with Gasteiger partial charge in [0.2, 0.25) is 0 Å². The second kappa shape index (κ2) is 5.84. The van der Waals surface area contributed by atoms with Gasteiger partial charge in [-0.2, -0.15) is 13.2 Å². The van der Waals surface area contributed by atoms with Crippen LogP contribution < -0.4 is 5.32 Å². The van der Waals surface area contributed by atoms with Gasteiger partial charge in [0.05, 0.1) is 6.54 Å². The standard InChI is InChI=1S/C15H27F3N2/c1-14(2)7-6-13(19-3)11(8-14)9-20(12-4-5-12)10-15(16,17)18/h11-13,19H,4-10H2,1-3H3. The van der Waals surface area contributed by atoms with Crippen LogP contribution in [0, 0.1) is 11.3 Å². The third-order valence-corrected chi connectivity index (χ3v) is 4.80. The summed E-state index contributed by atoms with van der Waals surface area (Å²) in [6.07, 6.45) is 1.00. The molecule has 2 aliphatic carbocycles. The average Bonchev–Trinajstić information content (AvgIpc) is 3.09. The first-order valence-electron chi connectivity index (χ1n) is 7.68. The van der Waals surface area contributed by atoms with E-state index in [0.717, 1.165) is 32.1 Å². The first-order valence-corrected chi connectivity index (χ1v) is 7.68. The molecule has 2 rings (SSSR count). The summed E-state index contributed by atoms with van der Waals surface area (Å²) in [6, 6.07) is 0.525. The molecule has 0 aliphatic heterocycles. The van der Waals surface area contributed by atoms with Crippen molar-refractivity contribution in [3.63, 3.8) is 0 Å². The molecule has 118 valence electrons. The summed E-state index contributed by atoms with van der Waals surface area (Å²) >= 11 is 0. The van der Waals surface area contributed by atoms with Crippen LogP contribution in [0.5, 0.6) is 0 Å². The number of nitrogens with zero attached hydrogens (tertiary/aromatic N) is 1. The van der Waals surface area contributed by atoms with Crippen LogP contribution in [0.15, 0.2) is 0 Å². The first kappa shape index (κ1) is 16.1. The number of halogens is 3. The lowest BCUT2D eigenvalue weighted by molar-refractivity contribution is -0.149. The maximum absolute atomic E-state index is 12.7. The molecule has 0 saturated heterocycles. The van der Waals surface area contributed by atoms with Crippen LogP contribution in [0.4, 0.5) is 13.2 Å². The van der Waals surface area contributed by atoms with E-state index in [1.807, 2.05) is 7.05 Å². The second-order valence-electron chi connectivity index (χ2n) is 7.34. The van der Waals surface area contributed by atoms with E-state index >= 15 is 0 Å². The first-order chi connectivity index (χ1) is 9.20. The molecule has 2 aliphatic rings.